The van der Waals surface area contributed by atoms with Crippen molar-refractivity contribution in [1.29, 1.82) is 0 Å². The van der Waals surface area contributed by atoms with Gasteiger partial charge in [0.1, 0.15) is 11.4 Å². The number of nitrogens with one attached hydrogen (secondary N) is 2. The second-order valence-corrected chi connectivity index (χ2v) is 8.19. The van der Waals surface area contributed by atoms with Gasteiger partial charge in [-0.3, -0.25) is 9.59 Å². The molecule has 2 aromatic rings. The highest BCUT2D eigenvalue weighted by molar-refractivity contribution is 6.34. The summed E-state index contributed by atoms with van der Waals surface area (Å²) in [6.07, 6.45) is 0. The average Bonchev–Trinajstić information content (AvgIpc) is 2.75. The SMILES string of the molecule is CN(C)CCNc1c(F)c(F)c(NCCN(C)C)c2c1C(=O)c1c(O)ccc(N=O)c1C2=O. The van der Waals surface area contributed by atoms with E-state index in [1.54, 1.807) is 38.0 Å². The van der Waals surface area contributed by atoms with Crippen LogP contribution in [0.3, 0.4) is 0 Å². The number of phenols is 1. The van der Waals surface area contributed by atoms with Gasteiger partial charge < -0.3 is 25.5 Å². The minimum absolute atomic E-state index is 0.149. The molecule has 0 saturated carbocycles. The van der Waals surface area contributed by atoms with Gasteiger partial charge >= 0.3 is 0 Å². The van der Waals surface area contributed by atoms with Crippen LogP contribution in [-0.2, 0) is 0 Å². The van der Waals surface area contributed by atoms with Crippen LogP contribution in [0.2, 0.25) is 0 Å². The molecule has 0 aliphatic heterocycles. The molecule has 9 nitrogen and oxygen atoms in total. The van der Waals surface area contributed by atoms with Crippen LogP contribution in [0, 0.1) is 16.5 Å². The molecule has 11 heteroatoms. The maximum atomic E-state index is 15.2. The Morgan fingerprint density at radius 2 is 1.27 bits per heavy atom. The van der Waals surface area contributed by atoms with E-state index in [-0.39, 0.29) is 18.8 Å². The van der Waals surface area contributed by atoms with Crippen molar-refractivity contribution >= 4 is 28.6 Å². The molecule has 1 aliphatic rings. The molecule has 0 atom stereocenters. The van der Waals surface area contributed by atoms with Crippen LogP contribution in [-0.4, -0.2) is 80.8 Å². The third kappa shape index (κ3) is 4.41. The third-order valence-electron chi connectivity index (χ3n) is 5.27. The molecule has 3 rings (SSSR count). The molecule has 0 unspecified atom stereocenters. The van der Waals surface area contributed by atoms with Crippen molar-refractivity contribution in [2.24, 2.45) is 5.18 Å². The van der Waals surface area contributed by atoms with Crippen molar-refractivity contribution in [3.8, 4) is 5.75 Å². The Labute approximate surface area is 189 Å². The van der Waals surface area contributed by atoms with E-state index < -0.39 is 62.6 Å². The molecule has 0 spiro atoms. The highest BCUT2D eigenvalue weighted by Gasteiger charge is 2.41. The largest absolute Gasteiger partial charge is 0.507 e. The Hall–Kier alpha value is -3.44. The molecule has 1 aliphatic carbocycles. The fourth-order valence-corrected chi connectivity index (χ4v) is 3.65. The number of nitrogens with zero attached hydrogens (tertiary/aromatic N) is 3. The number of aromatic hydroxyl groups is 1. The number of hydrogen-bond donors (Lipinski definition) is 3. The first kappa shape index (κ1) is 24.2. The molecule has 2 aromatic carbocycles. The van der Waals surface area contributed by atoms with E-state index in [0.717, 1.165) is 12.1 Å². The van der Waals surface area contributed by atoms with Crippen LogP contribution >= 0.6 is 0 Å². The smallest absolute Gasteiger partial charge is 0.200 e. The number of carbonyl (C=O) groups is 2. The summed E-state index contributed by atoms with van der Waals surface area (Å²) in [5, 5.41) is 18.5. The minimum Gasteiger partial charge on any atom is -0.507 e. The zero-order chi connectivity index (χ0) is 24.4. The quantitative estimate of drug-likeness (QED) is 0.417. The highest BCUT2D eigenvalue weighted by Crippen LogP contribution is 2.44. The number of carbonyl (C=O) groups excluding carboxylic acids is 2. The van der Waals surface area contributed by atoms with Crippen LogP contribution in [0.15, 0.2) is 17.3 Å². The van der Waals surface area contributed by atoms with Crippen molar-refractivity contribution < 1.29 is 23.5 Å². The number of halogens is 2. The molecule has 0 saturated heterocycles. The molecular formula is C22H25F2N5O4. The lowest BCUT2D eigenvalue weighted by molar-refractivity contribution is 0.0977. The Bertz CT molecular complexity index is 1130. The van der Waals surface area contributed by atoms with Crippen LogP contribution in [0.4, 0.5) is 25.8 Å². The van der Waals surface area contributed by atoms with Crippen molar-refractivity contribution in [1.82, 2.24) is 9.80 Å². The standard InChI is InChI=1S/C22H25F2N5O4/c1-28(2)9-7-25-19-15-16(20(18(24)17(19)23)26-8-10-29(3)4)22(32)14-12(30)6-5-11(27-33)13(14)21(15)31/h5-6,25-26,30H,7-10H2,1-4H3. The molecular weight excluding hydrogens is 436 g/mol. The van der Waals surface area contributed by atoms with Crippen LogP contribution in [0.5, 0.6) is 5.75 Å². The van der Waals surface area contributed by atoms with Gasteiger partial charge in [0.15, 0.2) is 17.4 Å². The van der Waals surface area contributed by atoms with Crippen molar-refractivity contribution in [2.75, 3.05) is 65.0 Å². The summed E-state index contributed by atoms with van der Waals surface area (Å²) < 4.78 is 30.4. The summed E-state index contributed by atoms with van der Waals surface area (Å²) in [4.78, 5) is 41.8. The number of phenolic OH excluding ortho intramolecular Hbond substituents is 1. The maximum absolute atomic E-state index is 15.2. The van der Waals surface area contributed by atoms with E-state index in [9.17, 15) is 19.6 Å². The van der Waals surface area contributed by atoms with E-state index in [2.05, 4.69) is 15.8 Å². The van der Waals surface area contributed by atoms with Crippen LogP contribution in [0.25, 0.3) is 0 Å². The second-order valence-electron chi connectivity index (χ2n) is 8.19. The fourth-order valence-electron chi connectivity index (χ4n) is 3.65. The number of fused-ring (bicyclic) bond motifs is 2. The summed E-state index contributed by atoms with van der Waals surface area (Å²) in [6.45, 7) is 1.16. The van der Waals surface area contributed by atoms with Gasteiger partial charge in [-0.15, -0.1) is 4.91 Å². The maximum Gasteiger partial charge on any atom is 0.200 e. The molecule has 3 N–H and O–H groups in total. The van der Waals surface area contributed by atoms with Gasteiger partial charge in [-0.1, -0.05) is 0 Å². The number of anilines is 2. The van der Waals surface area contributed by atoms with Crippen LogP contribution < -0.4 is 10.6 Å². The Kier molecular flexibility index (Phi) is 7.04. The van der Waals surface area contributed by atoms with E-state index in [0.29, 0.717) is 13.1 Å². The van der Waals surface area contributed by atoms with Crippen molar-refractivity contribution in [3.05, 3.63) is 50.9 Å². The highest BCUT2D eigenvalue weighted by atomic mass is 19.2. The first-order valence-corrected chi connectivity index (χ1v) is 10.2. The Balaban J connectivity index is 2.27. The minimum atomic E-state index is -1.33. The summed E-state index contributed by atoms with van der Waals surface area (Å²) in [6, 6.07) is 2.15. The number of nitroso groups, excluding NO2 is 1. The molecule has 0 amide bonds. The van der Waals surface area contributed by atoms with Gasteiger partial charge in [0.25, 0.3) is 0 Å². The molecule has 176 valence electrons. The topological polar surface area (TPSA) is 114 Å². The second kappa shape index (κ2) is 9.59. The lowest BCUT2D eigenvalue weighted by Crippen LogP contribution is -2.29. The van der Waals surface area contributed by atoms with Gasteiger partial charge in [0.2, 0.25) is 5.78 Å². The van der Waals surface area contributed by atoms with Gasteiger partial charge in [-0.05, 0) is 45.5 Å². The predicted octanol–water partition coefficient (Wildman–Crippen LogP) is 2.79. The zero-order valence-electron chi connectivity index (χ0n) is 18.8. The number of hydrogen-bond acceptors (Lipinski definition) is 9. The molecule has 0 heterocycles. The van der Waals surface area contributed by atoms with E-state index in [1.165, 1.54) is 0 Å². The molecule has 0 radical (unpaired) electrons. The Morgan fingerprint density at radius 1 is 0.818 bits per heavy atom. The summed E-state index contributed by atoms with van der Waals surface area (Å²) in [5.74, 6) is -5.04. The summed E-state index contributed by atoms with van der Waals surface area (Å²) in [5.41, 5.74) is -3.06. The molecule has 0 bridgehead atoms. The number of likely N-dealkylation sites (N-methyl/N-ethyl adjacent to an activating group) is 2. The first-order chi connectivity index (χ1) is 15.6. The summed E-state index contributed by atoms with van der Waals surface area (Å²) in [7, 11) is 7.12. The molecule has 0 aromatic heterocycles. The zero-order valence-corrected chi connectivity index (χ0v) is 18.8. The monoisotopic (exact) mass is 461 g/mol. The molecule has 0 fully saturated rings. The molecule has 33 heavy (non-hydrogen) atoms. The van der Waals surface area contributed by atoms with Crippen molar-refractivity contribution in [3.63, 3.8) is 0 Å². The van der Waals surface area contributed by atoms with E-state index in [1.807, 2.05) is 0 Å². The lowest BCUT2D eigenvalue weighted by Gasteiger charge is -2.26. The number of ketones is 2. The van der Waals surface area contributed by atoms with Gasteiger partial charge in [0.05, 0.1) is 33.6 Å². The first-order valence-electron chi connectivity index (χ1n) is 10.2. The van der Waals surface area contributed by atoms with Gasteiger partial charge in [0, 0.05) is 26.2 Å². The summed E-state index contributed by atoms with van der Waals surface area (Å²) >= 11 is 0. The predicted molar refractivity (Wildman–Crippen MR) is 121 cm³/mol. The average molecular weight is 461 g/mol. The van der Waals surface area contributed by atoms with Crippen molar-refractivity contribution in [2.45, 2.75) is 0 Å². The Morgan fingerprint density at radius 3 is 1.70 bits per heavy atom. The third-order valence-corrected chi connectivity index (χ3v) is 5.27. The van der Waals surface area contributed by atoms with E-state index in [4.69, 9.17) is 0 Å². The number of benzene rings is 2. The lowest BCUT2D eigenvalue weighted by atomic mass is 9.80. The van der Waals surface area contributed by atoms with Gasteiger partial charge in [-0.2, -0.15) is 0 Å². The van der Waals surface area contributed by atoms with Gasteiger partial charge in [-0.25, -0.2) is 8.78 Å². The van der Waals surface area contributed by atoms with Crippen LogP contribution in [0.1, 0.15) is 31.8 Å². The fraction of sp³-hybridized carbons (Fsp3) is 0.364. The normalized spacial score (nSPS) is 12.7. The number of rotatable bonds is 9. The van der Waals surface area contributed by atoms with E-state index >= 15 is 8.78 Å².